The number of halogens is 5. The van der Waals surface area contributed by atoms with Gasteiger partial charge in [-0.3, -0.25) is 14.8 Å². The van der Waals surface area contributed by atoms with Crippen LogP contribution in [0.4, 0.5) is 22.7 Å². The molecule has 0 spiro atoms. The summed E-state index contributed by atoms with van der Waals surface area (Å²) in [5.41, 5.74) is 0.0377. The van der Waals surface area contributed by atoms with E-state index in [1.165, 1.54) is 11.7 Å². The van der Waals surface area contributed by atoms with Gasteiger partial charge in [0.1, 0.15) is 5.69 Å². The summed E-state index contributed by atoms with van der Waals surface area (Å²) >= 11 is 6.36. The Balaban J connectivity index is 2.28. The molecular formula is C13H14ClF4N5OS. The van der Waals surface area contributed by atoms with Crippen molar-refractivity contribution in [1.82, 2.24) is 20.0 Å². The first-order chi connectivity index (χ1) is 11.4. The van der Waals surface area contributed by atoms with E-state index in [2.05, 4.69) is 20.6 Å². The van der Waals surface area contributed by atoms with Crippen molar-refractivity contribution in [3.8, 4) is 0 Å². The molecule has 0 aliphatic carbocycles. The normalized spacial score (nSPS) is 12.7. The number of amides is 1. The van der Waals surface area contributed by atoms with Gasteiger partial charge in [-0.05, 0) is 0 Å². The Morgan fingerprint density at radius 3 is 2.36 bits per heavy atom. The first-order valence-corrected chi connectivity index (χ1v) is 8.09. The van der Waals surface area contributed by atoms with E-state index in [0.29, 0.717) is 5.69 Å². The third-order valence-corrected chi connectivity index (χ3v) is 4.40. The lowest BCUT2D eigenvalue weighted by atomic mass is 9.92. The Labute approximate surface area is 149 Å². The maximum atomic E-state index is 13.2. The van der Waals surface area contributed by atoms with Crippen LogP contribution in [0.15, 0.2) is 0 Å². The molecule has 25 heavy (non-hydrogen) atoms. The van der Waals surface area contributed by atoms with Crippen LogP contribution in [0.3, 0.4) is 0 Å². The largest absolute Gasteiger partial charge is 0.360 e. The Kier molecular flexibility index (Phi) is 5.11. The number of aryl methyl sites for hydroxylation is 1. The number of hydrogen-bond donors (Lipinski definition) is 1. The van der Waals surface area contributed by atoms with Gasteiger partial charge in [-0.2, -0.15) is 13.9 Å². The van der Waals surface area contributed by atoms with E-state index in [1.807, 2.05) is 20.8 Å². The third-order valence-electron chi connectivity index (χ3n) is 3.12. The van der Waals surface area contributed by atoms with E-state index in [9.17, 15) is 22.4 Å². The van der Waals surface area contributed by atoms with Gasteiger partial charge in [0.2, 0.25) is 5.13 Å². The molecular weight excluding hydrogens is 386 g/mol. The van der Waals surface area contributed by atoms with Gasteiger partial charge in [0.25, 0.3) is 5.91 Å². The molecule has 0 fully saturated rings. The molecule has 12 heteroatoms. The molecule has 0 aromatic carbocycles. The van der Waals surface area contributed by atoms with Crippen LogP contribution >= 0.6 is 22.9 Å². The summed E-state index contributed by atoms with van der Waals surface area (Å²) in [7, 11) is 1.49. The van der Waals surface area contributed by atoms with Gasteiger partial charge in [-0.25, -0.2) is 8.78 Å². The number of carbonyl (C=O) groups excluding carboxylic acids is 1. The first kappa shape index (κ1) is 19.6. The van der Waals surface area contributed by atoms with E-state index >= 15 is 0 Å². The summed E-state index contributed by atoms with van der Waals surface area (Å²) in [5, 5.41) is 11.3. The summed E-state index contributed by atoms with van der Waals surface area (Å²) < 4.78 is 52.3. The summed E-state index contributed by atoms with van der Waals surface area (Å²) in [5.74, 6) is -5.21. The molecule has 0 aliphatic rings. The zero-order valence-electron chi connectivity index (χ0n) is 13.6. The number of alkyl halides is 4. The molecule has 2 heterocycles. The molecule has 1 amide bonds. The number of nitrogens with zero attached hydrogens (tertiary/aromatic N) is 4. The summed E-state index contributed by atoms with van der Waals surface area (Å²) in [4.78, 5) is 12.3. The molecule has 2 aromatic heterocycles. The third kappa shape index (κ3) is 3.76. The van der Waals surface area contributed by atoms with Gasteiger partial charge in [0.05, 0.1) is 10.7 Å². The molecule has 0 saturated carbocycles. The highest BCUT2D eigenvalue weighted by Gasteiger charge is 2.46. The van der Waals surface area contributed by atoms with Crippen molar-refractivity contribution in [2.45, 2.75) is 38.5 Å². The standard InChI is InChI=1S/C13H14ClF4N5OS/c1-12(2,3)7-5(14)6(23(4)22-7)8(24)19-11-21-20-10(25-11)13(17,18)9(15)16/h9H,1-4H3,(H,19,21,24). The van der Waals surface area contributed by atoms with E-state index in [0.717, 1.165) is 0 Å². The zero-order chi connectivity index (χ0) is 19.2. The second-order valence-electron chi connectivity index (χ2n) is 6.17. The number of aromatic nitrogens is 4. The minimum absolute atomic E-state index is 0.0102. The second kappa shape index (κ2) is 6.52. The highest BCUT2D eigenvalue weighted by atomic mass is 35.5. The van der Waals surface area contributed by atoms with Crippen molar-refractivity contribution in [3.63, 3.8) is 0 Å². The maximum absolute atomic E-state index is 13.2. The van der Waals surface area contributed by atoms with Crippen LogP contribution in [0.1, 0.15) is 42.0 Å². The van der Waals surface area contributed by atoms with Crippen LogP contribution in [0.5, 0.6) is 0 Å². The van der Waals surface area contributed by atoms with Crippen molar-refractivity contribution in [1.29, 1.82) is 0 Å². The van der Waals surface area contributed by atoms with E-state index in [1.54, 1.807) is 0 Å². The van der Waals surface area contributed by atoms with Crippen molar-refractivity contribution in [3.05, 3.63) is 21.4 Å². The zero-order valence-corrected chi connectivity index (χ0v) is 15.1. The van der Waals surface area contributed by atoms with Gasteiger partial charge in [0.15, 0.2) is 5.01 Å². The molecule has 1 N–H and O–H groups in total. The van der Waals surface area contributed by atoms with Crippen LogP contribution in [0, 0.1) is 0 Å². The van der Waals surface area contributed by atoms with Crippen LogP contribution in [0.2, 0.25) is 5.02 Å². The Morgan fingerprint density at radius 2 is 1.88 bits per heavy atom. The molecule has 0 saturated heterocycles. The van der Waals surface area contributed by atoms with Gasteiger partial charge in [-0.15, -0.1) is 10.2 Å². The Bertz CT molecular complexity index is 799. The summed E-state index contributed by atoms with van der Waals surface area (Å²) in [6.45, 7) is 5.56. The molecule has 6 nitrogen and oxygen atoms in total. The molecule has 0 unspecified atom stereocenters. The average molecular weight is 400 g/mol. The lowest BCUT2D eigenvalue weighted by molar-refractivity contribution is -0.135. The molecule has 0 radical (unpaired) electrons. The smallest absolute Gasteiger partial charge is 0.295 e. The Hall–Kier alpha value is -1.75. The quantitative estimate of drug-likeness (QED) is 0.793. The fraction of sp³-hybridized carbons (Fsp3) is 0.538. The van der Waals surface area contributed by atoms with Crippen molar-refractivity contribution >= 4 is 34.0 Å². The maximum Gasteiger partial charge on any atom is 0.360 e. The molecule has 0 aliphatic heterocycles. The molecule has 0 atom stereocenters. The number of anilines is 1. The van der Waals surface area contributed by atoms with Gasteiger partial charge in [0, 0.05) is 12.5 Å². The lowest BCUT2D eigenvalue weighted by Gasteiger charge is -2.15. The SMILES string of the molecule is Cn1nc(C(C)(C)C)c(Cl)c1C(=O)Nc1nnc(C(F)(F)C(F)F)s1. The van der Waals surface area contributed by atoms with Gasteiger partial charge < -0.3 is 0 Å². The second-order valence-corrected chi connectivity index (χ2v) is 7.53. The van der Waals surface area contributed by atoms with E-state index in [4.69, 9.17) is 11.6 Å². The van der Waals surface area contributed by atoms with Crippen molar-refractivity contribution in [2.24, 2.45) is 7.05 Å². The molecule has 2 aromatic rings. The predicted molar refractivity (Wildman–Crippen MR) is 84.7 cm³/mol. The number of nitrogens with one attached hydrogen (secondary N) is 1. The lowest BCUT2D eigenvalue weighted by Crippen LogP contribution is -2.23. The fourth-order valence-corrected chi connectivity index (χ4v) is 3.13. The highest BCUT2D eigenvalue weighted by molar-refractivity contribution is 7.15. The molecule has 138 valence electrons. The number of rotatable bonds is 4. The van der Waals surface area contributed by atoms with E-state index < -0.39 is 28.7 Å². The van der Waals surface area contributed by atoms with Gasteiger partial charge in [-0.1, -0.05) is 43.7 Å². The van der Waals surface area contributed by atoms with Gasteiger partial charge >= 0.3 is 12.3 Å². The predicted octanol–water partition coefficient (Wildman–Crippen LogP) is 3.83. The van der Waals surface area contributed by atoms with Crippen molar-refractivity contribution < 1.29 is 22.4 Å². The van der Waals surface area contributed by atoms with Crippen molar-refractivity contribution in [2.75, 3.05) is 5.32 Å². The topological polar surface area (TPSA) is 72.7 Å². The number of carbonyl (C=O) groups is 1. The monoisotopic (exact) mass is 399 g/mol. The molecule has 0 bridgehead atoms. The minimum Gasteiger partial charge on any atom is -0.295 e. The summed E-state index contributed by atoms with van der Waals surface area (Å²) in [6, 6.07) is 0. The van der Waals surface area contributed by atoms with E-state index in [-0.39, 0.29) is 27.2 Å². The van der Waals surface area contributed by atoms with Crippen LogP contribution in [-0.4, -0.2) is 32.3 Å². The average Bonchev–Trinajstić information content (AvgIpc) is 3.03. The Morgan fingerprint density at radius 1 is 1.28 bits per heavy atom. The first-order valence-electron chi connectivity index (χ1n) is 6.90. The number of hydrogen-bond acceptors (Lipinski definition) is 5. The van der Waals surface area contributed by atoms with Crippen LogP contribution in [0.25, 0.3) is 0 Å². The van der Waals surface area contributed by atoms with Crippen LogP contribution < -0.4 is 5.32 Å². The minimum atomic E-state index is -4.44. The summed E-state index contributed by atoms with van der Waals surface area (Å²) in [6.07, 6.45) is -3.93. The highest BCUT2D eigenvalue weighted by Crippen LogP contribution is 2.37. The fourth-order valence-electron chi connectivity index (χ4n) is 1.88. The molecule has 2 rings (SSSR count). The van der Waals surface area contributed by atoms with Crippen LogP contribution in [-0.2, 0) is 18.4 Å².